The summed E-state index contributed by atoms with van der Waals surface area (Å²) >= 11 is 0. The van der Waals surface area contributed by atoms with Crippen molar-refractivity contribution < 1.29 is 19.4 Å². The zero-order valence-electron chi connectivity index (χ0n) is 16.4. The Kier molecular flexibility index (Phi) is 6.26. The molecule has 0 spiro atoms. The number of benzene rings is 2. The molecule has 28 heavy (non-hydrogen) atoms. The molecule has 0 aromatic heterocycles. The van der Waals surface area contributed by atoms with Crippen molar-refractivity contribution in [1.82, 2.24) is 0 Å². The Hall–Kier alpha value is -2.93. The lowest BCUT2D eigenvalue weighted by Gasteiger charge is -2.18. The first-order valence-electron chi connectivity index (χ1n) is 9.56. The molecule has 1 fully saturated rings. The van der Waals surface area contributed by atoms with E-state index in [1.54, 1.807) is 6.92 Å². The molecular weight excluding hydrogens is 352 g/mol. The largest absolute Gasteiger partial charge is 0.493 e. The van der Waals surface area contributed by atoms with Gasteiger partial charge in [0.05, 0.1) is 25.6 Å². The van der Waals surface area contributed by atoms with Crippen LogP contribution in [0, 0.1) is 24.2 Å². The van der Waals surface area contributed by atoms with Gasteiger partial charge in [-0.3, -0.25) is 4.79 Å². The highest BCUT2D eigenvalue weighted by Crippen LogP contribution is 2.46. The van der Waals surface area contributed by atoms with Gasteiger partial charge in [-0.15, -0.1) is 5.92 Å². The highest BCUT2D eigenvalue weighted by atomic mass is 16.5. The Balaban J connectivity index is 1.54. The predicted octanol–water partition coefficient (Wildman–Crippen LogP) is 4.81. The van der Waals surface area contributed by atoms with Crippen LogP contribution in [-0.2, 0) is 4.79 Å². The van der Waals surface area contributed by atoms with Gasteiger partial charge < -0.3 is 14.6 Å². The molecule has 1 unspecified atom stereocenters. The Morgan fingerprint density at radius 3 is 2.36 bits per heavy atom. The number of hydrogen-bond donors (Lipinski definition) is 1. The van der Waals surface area contributed by atoms with E-state index in [-0.39, 0.29) is 17.8 Å². The number of carboxylic acid groups (broad SMARTS) is 1. The van der Waals surface area contributed by atoms with Crippen molar-refractivity contribution in [2.24, 2.45) is 5.41 Å². The number of hydrogen-bond acceptors (Lipinski definition) is 3. The maximum atomic E-state index is 11.0. The Morgan fingerprint density at radius 2 is 1.79 bits per heavy atom. The Morgan fingerprint density at radius 1 is 1.11 bits per heavy atom. The lowest BCUT2D eigenvalue weighted by molar-refractivity contribution is -0.137. The van der Waals surface area contributed by atoms with Crippen LogP contribution in [0.2, 0.25) is 0 Å². The number of ether oxygens (including phenoxy) is 2. The average molecular weight is 378 g/mol. The van der Waals surface area contributed by atoms with E-state index in [1.807, 2.05) is 42.5 Å². The first-order chi connectivity index (χ1) is 13.5. The topological polar surface area (TPSA) is 55.8 Å². The van der Waals surface area contributed by atoms with Gasteiger partial charge in [0.1, 0.15) is 11.5 Å². The minimum atomic E-state index is -0.850. The zero-order chi connectivity index (χ0) is 20.0. The van der Waals surface area contributed by atoms with Crippen molar-refractivity contribution in [2.75, 3.05) is 13.2 Å². The summed E-state index contributed by atoms with van der Waals surface area (Å²) in [7, 11) is 0. The van der Waals surface area contributed by atoms with Gasteiger partial charge in [-0.25, -0.2) is 0 Å². The van der Waals surface area contributed by atoms with E-state index in [9.17, 15) is 4.79 Å². The minimum Gasteiger partial charge on any atom is -0.493 e. The first-order valence-corrected chi connectivity index (χ1v) is 9.56. The van der Waals surface area contributed by atoms with Crippen molar-refractivity contribution in [2.45, 2.75) is 39.0 Å². The molecule has 0 heterocycles. The fourth-order valence-corrected chi connectivity index (χ4v) is 3.08. The highest BCUT2D eigenvalue weighted by molar-refractivity contribution is 5.69. The molecule has 0 amide bonds. The van der Waals surface area contributed by atoms with Gasteiger partial charge in [0.25, 0.3) is 0 Å². The molecule has 146 valence electrons. The number of aryl methyl sites for hydroxylation is 1. The fourth-order valence-electron chi connectivity index (χ4n) is 3.08. The molecule has 1 saturated carbocycles. The van der Waals surface area contributed by atoms with Crippen molar-refractivity contribution in [3.05, 3.63) is 59.7 Å². The maximum Gasteiger partial charge on any atom is 0.304 e. The quantitative estimate of drug-likeness (QED) is 0.636. The third-order valence-electron chi connectivity index (χ3n) is 5.02. The molecule has 2 aromatic carbocycles. The van der Waals surface area contributed by atoms with Crippen LogP contribution in [0.15, 0.2) is 48.5 Å². The van der Waals surface area contributed by atoms with Gasteiger partial charge in [-0.1, -0.05) is 30.2 Å². The van der Waals surface area contributed by atoms with Crippen LogP contribution in [0.4, 0.5) is 0 Å². The molecule has 0 aliphatic heterocycles. The lowest BCUT2D eigenvalue weighted by Crippen LogP contribution is -2.21. The molecule has 4 heteroatoms. The van der Waals surface area contributed by atoms with E-state index in [2.05, 4.69) is 24.8 Å². The van der Waals surface area contributed by atoms with Gasteiger partial charge in [-0.2, -0.15) is 0 Å². The molecular formula is C24H26O4. The zero-order valence-corrected chi connectivity index (χ0v) is 16.4. The van der Waals surface area contributed by atoms with Crippen LogP contribution in [0.1, 0.15) is 43.2 Å². The summed E-state index contributed by atoms with van der Waals surface area (Å²) in [5, 5.41) is 9.05. The monoisotopic (exact) mass is 378 g/mol. The summed E-state index contributed by atoms with van der Waals surface area (Å²) in [6, 6.07) is 15.7. The van der Waals surface area contributed by atoms with Crippen molar-refractivity contribution in [1.29, 1.82) is 0 Å². The second-order valence-electron chi connectivity index (χ2n) is 7.51. The predicted molar refractivity (Wildman–Crippen MR) is 109 cm³/mol. The summed E-state index contributed by atoms with van der Waals surface area (Å²) in [4.78, 5) is 11.0. The van der Waals surface area contributed by atoms with Crippen LogP contribution in [-0.4, -0.2) is 24.3 Å². The SMILES string of the molecule is CC#CC(CC(=O)O)c1ccc(OCC2(COc3cccc(C)c3)CC2)cc1. The molecule has 3 rings (SSSR count). The summed E-state index contributed by atoms with van der Waals surface area (Å²) < 4.78 is 12.0. The molecule has 0 saturated heterocycles. The van der Waals surface area contributed by atoms with Gasteiger partial charge in [0, 0.05) is 5.41 Å². The summed E-state index contributed by atoms with van der Waals surface area (Å²) in [6.45, 7) is 5.05. The molecule has 1 aliphatic carbocycles. The first kappa shape index (κ1) is 19.8. The van der Waals surface area contributed by atoms with E-state index in [0.29, 0.717) is 13.2 Å². The van der Waals surface area contributed by atoms with E-state index < -0.39 is 5.97 Å². The van der Waals surface area contributed by atoms with E-state index >= 15 is 0 Å². The van der Waals surface area contributed by atoms with Crippen LogP contribution in [0.5, 0.6) is 11.5 Å². The molecule has 0 radical (unpaired) electrons. The molecule has 1 atom stereocenters. The number of rotatable bonds is 9. The van der Waals surface area contributed by atoms with Crippen LogP contribution in [0.3, 0.4) is 0 Å². The van der Waals surface area contributed by atoms with Crippen LogP contribution >= 0.6 is 0 Å². The summed E-state index contributed by atoms with van der Waals surface area (Å²) in [6.07, 6.45) is 2.20. The van der Waals surface area contributed by atoms with Crippen molar-refractivity contribution in [3.8, 4) is 23.3 Å². The Bertz CT molecular complexity index is 869. The Labute approximate surface area is 166 Å². The number of aliphatic carboxylic acids is 1. The molecule has 2 aromatic rings. The van der Waals surface area contributed by atoms with Crippen LogP contribution in [0.25, 0.3) is 0 Å². The minimum absolute atomic E-state index is 0.000450. The lowest BCUT2D eigenvalue weighted by atomic mass is 9.96. The third-order valence-corrected chi connectivity index (χ3v) is 5.02. The van der Waals surface area contributed by atoms with E-state index in [0.717, 1.165) is 29.9 Å². The van der Waals surface area contributed by atoms with Gasteiger partial charge in [0.2, 0.25) is 0 Å². The average Bonchev–Trinajstić information content (AvgIpc) is 3.45. The second kappa shape index (κ2) is 8.84. The van der Waals surface area contributed by atoms with E-state index in [4.69, 9.17) is 14.6 Å². The van der Waals surface area contributed by atoms with Crippen LogP contribution < -0.4 is 9.47 Å². The van der Waals surface area contributed by atoms with Gasteiger partial charge >= 0.3 is 5.97 Å². The standard InChI is InChI=1S/C24H26O4/c1-3-5-20(15-23(25)26)19-8-10-21(11-9-19)27-16-24(12-13-24)17-28-22-7-4-6-18(2)14-22/h4,6-11,14,20H,12-13,15-17H2,1-2H3,(H,25,26). The maximum absolute atomic E-state index is 11.0. The second-order valence-corrected chi connectivity index (χ2v) is 7.51. The third kappa shape index (κ3) is 5.53. The molecule has 4 nitrogen and oxygen atoms in total. The normalized spacial score (nSPS) is 15.1. The highest BCUT2D eigenvalue weighted by Gasteiger charge is 2.44. The molecule has 1 N–H and O–H groups in total. The number of carbonyl (C=O) groups is 1. The van der Waals surface area contributed by atoms with E-state index in [1.165, 1.54) is 5.56 Å². The molecule has 1 aliphatic rings. The smallest absolute Gasteiger partial charge is 0.304 e. The van der Waals surface area contributed by atoms with Gasteiger partial charge in [-0.05, 0) is 62.1 Å². The summed E-state index contributed by atoms with van der Waals surface area (Å²) in [5.74, 6) is 6.31. The number of carboxylic acids is 1. The fraction of sp³-hybridized carbons (Fsp3) is 0.375. The van der Waals surface area contributed by atoms with Crippen molar-refractivity contribution in [3.63, 3.8) is 0 Å². The van der Waals surface area contributed by atoms with Crippen molar-refractivity contribution >= 4 is 5.97 Å². The van der Waals surface area contributed by atoms with Gasteiger partial charge in [0.15, 0.2) is 0 Å². The molecule has 0 bridgehead atoms. The summed E-state index contributed by atoms with van der Waals surface area (Å²) in [5.41, 5.74) is 2.17.